The molecule has 1 N–H and O–H groups in total. The van der Waals surface area contributed by atoms with Crippen molar-refractivity contribution in [2.75, 3.05) is 7.11 Å². The van der Waals surface area contributed by atoms with Gasteiger partial charge in [0.1, 0.15) is 5.75 Å². The summed E-state index contributed by atoms with van der Waals surface area (Å²) in [4.78, 5) is 0.262. The molecule has 0 fully saturated rings. The molecule has 0 aromatic heterocycles. The van der Waals surface area contributed by atoms with Crippen LogP contribution in [0.25, 0.3) is 0 Å². The van der Waals surface area contributed by atoms with Crippen molar-refractivity contribution in [2.45, 2.75) is 17.9 Å². The van der Waals surface area contributed by atoms with Crippen molar-refractivity contribution in [3.8, 4) is 5.75 Å². The number of benzene rings is 2. The maximum Gasteiger partial charge on any atom is 0.241 e. The Morgan fingerprint density at radius 2 is 1.81 bits per heavy atom. The van der Waals surface area contributed by atoms with Crippen LogP contribution in [0.15, 0.2) is 53.4 Å². The van der Waals surface area contributed by atoms with Gasteiger partial charge in [0.2, 0.25) is 10.0 Å². The van der Waals surface area contributed by atoms with Gasteiger partial charge in [-0.15, -0.1) is 0 Å². The van der Waals surface area contributed by atoms with E-state index in [0.717, 1.165) is 9.13 Å². The highest BCUT2D eigenvalue weighted by Crippen LogP contribution is 2.21. The van der Waals surface area contributed by atoms with E-state index in [9.17, 15) is 8.42 Å². The highest BCUT2D eigenvalue weighted by atomic mass is 127. The molecule has 0 aliphatic heterocycles. The van der Waals surface area contributed by atoms with E-state index in [1.807, 2.05) is 24.3 Å². The number of nitrogens with one attached hydrogen (secondary N) is 1. The molecular weight excluding hydrogens is 401 g/mol. The smallest absolute Gasteiger partial charge is 0.241 e. The van der Waals surface area contributed by atoms with Gasteiger partial charge in [-0.1, -0.05) is 12.1 Å². The SMILES string of the molecule is COc1cccc(C(C)NS(=O)(=O)c2ccc(I)cc2)c1. The third-order valence-corrected chi connectivity index (χ3v) is 5.33. The number of hydrogen-bond donors (Lipinski definition) is 1. The summed E-state index contributed by atoms with van der Waals surface area (Å²) >= 11 is 2.14. The standard InChI is InChI=1S/C15H16INO3S/c1-11(12-4-3-5-14(10-12)20-2)17-21(18,19)15-8-6-13(16)7-9-15/h3-11,17H,1-2H3. The molecule has 0 amide bonds. The van der Waals surface area contributed by atoms with Crippen LogP contribution < -0.4 is 9.46 Å². The van der Waals surface area contributed by atoms with E-state index >= 15 is 0 Å². The Morgan fingerprint density at radius 3 is 2.43 bits per heavy atom. The maximum atomic E-state index is 12.3. The molecule has 2 rings (SSSR count). The van der Waals surface area contributed by atoms with Gasteiger partial charge in [-0.05, 0) is 71.5 Å². The monoisotopic (exact) mass is 417 g/mol. The zero-order chi connectivity index (χ0) is 15.5. The molecule has 2 aromatic rings. The van der Waals surface area contributed by atoms with Crippen molar-refractivity contribution in [3.05, 3.63) is 57.7 Å². The van der Waals surface area contributed by atoms with Gasteiger partial charge in [0.05, 0.1) is 12.0 Å². The first kappa shape index (κ1) is 16.3. The van der Waals surface area contributed by atoms with E-state index in [-0.39, 0.29) is 10.9 Å². The summed E-state index contributed by atoms with van der Waals surface area (Å²) in [7, 11) is -1.96. The average molecular weight is 417 g/mol. The fourth-order valence-electron chi connectivity index (χ4n) is 1.89. The molecule has 4 nitrogen and oxygen atoms in total. The molecule has 0 bridgehead atoms. The Labute approximate surface area is 138 Å². The third-order valence-electron chi connectivity index (χ3n) is 3.05. The lowest BCUT2D eigenvalue weighted by molar-refractivity contribution is 0.413. The summed E-state index contributed by atoms with van der Waals surface area (Å²) < 4.78 is 33.5. The summed E-state index contributed by atoms with van der Waals surface area (Å²) in [6.45, 7) is 1.80. The predicted octanol–water partition coefficient (Wildman–Crippen LogP) is 3.34. The van der Waals surface area contributed by atoms with Gasteiger partial charge in [-0.3, -0.25) is 0 Å². The van der Waals surface area contributed by atoms with Crippen LogP contribution in [0.5, 0.6) is 5.75 Å². The lowest BCUT2D eigenvalue weighted by Gasteiger charge is -2.15. The number of hydrogen-bond acceptors (Lipinski definition) is 3. The molecular formula is C15H16INO3S. The molecule has 0 saturated heterocycles. The van der Waals surface area contributed by atoms with Crippen molar-refractivity contribution in [1.29, 1.82) is 0 Å². The molecule has 0 aliphatic rings. The van der Waals surface area contributed by atoms with E-state index in [2.05, 4.69) is 27.3 Å². The van der Waals surface area contributed by atoms with Crippen LogP contribution in [0.2, 0.25) is 0 Å². The second-order valence-electron chi connectivity index (χ2n) is 4.57. The van der Waals surface area contributed by atoms with E-state index in [1.54, 1.807) is 38.3 Å². The second-order valence-corrected chi connectivity index (χ2v) is 7.53. The van der Waals surface area contributed by atoms with Gasteiger partial charge < -0.3 is 4.74 Å². The van der Waals surface area contributed by atoms with Crippen LogP contribution in [0.1, 0.15) is 18.5 Å². The average Bonchev–Trinajstić information content (AvgIpc) is 2.47. The molecule has 0 heterocycles. The largest absolute Gasteiger partial charge is 0.497 e. The van der Waals surface area contributed by atoms with E-state index in [1.165, 1.54) is 0 Å². The Morgan fingerprint density at radius 1 is 1.14 bits per heavy atom. The number of sulfonamides is 1. The quantitative estimate of drug-likeness (QED) is 0.760. The normalized spacial score (nSPS) is 12.9. The Bertz CT molecular complexity index is 714. The summed E-state index contributed by atoms with van der Waals surface area (Å²) in [5.41, 5.74) is 0.850. The summed E-state index contributed by atoms with van der Waals surface area (Å²) in [5.74, 6) is 0.702. The molecule has 0 radical (unpaired) electrons. The third kappa shape index (κ3) is 4.18. The number of ether oxygens (including phenoxy) is 1. The number of halogens is 1. The highest BCUT2D eigenvalue weighted by Gasteiger charge is 2.18. The topological polar surface area (TPSA) is 55.4 Å². The Balaban J connectivity index is 2.21. The minimum Gasteiger partial charge on any atom is -0.497 e. The van der Waals surface area contributed by atoms with Gasteiger partial charge in [0.15, 0.2) is 0 Å². The summed E-state index contributed by atoms with van der Waals surface area (Å²) in [6, 6.07) is 13.7. The molecule has 1 unspecified atom stereocenters. The minimum absolute atomic E-state index is 0.262. The van der Waals surface area contributed by atoms with Crippen molar-refractivity contribution >= 4 is 32.6 Å². The van der Waals surface area contributed by atoms with Crippen molar-refractivity contribution in [1.82, 2.24) is 4.72 Å². The van der Waals surface area contributed by atoms with Gasteiger partial charge in [0, 0.05) is 9.61 Å². The first-order chi connectivity index (χ1) is 9.92. The van der Waals surface area contributed by atoms with Gasteiger partial charge >= 0.3 is 0 Å². The van der Waals surface area contributed by atoms with Gasteiger partial charge in [-0.2, -0.15) is 0 Å². The lowest BCUT2D eigenvalue weighted by atomic mass is 10.1. The molecule has 1 atom stereocenters. The summed E-state index contributed by atoms with van der Waals surface area (Å²) in [5, 5.41) is 0. The number of rotatable bonds is 5. The Hall–Kier alpha value is -1.12. The van der Waals surface area contributed by atoms with Crippen LogP contribution >= 0.6 is 22.6 Å². The van der Waals surface area contributed by atoms with Crippen molar-refractivity contribution < 1.29 is 13.2 Å². The van der Waals surface area contributed by atoms with Crippen LogP contribution in [0.3, 0.4) is 0 Å². The molecule has 112 valence electrons. The van der Waals surface area contributed by atoms with E-state index in [0.29, 0.717) is 5.75 Å². The molecule has 6 heteroatoms. The predicted molar refractivity (Wildman–Crippen MR) is 90.9 cm³/mol. The van der Waals surface area contributed by atoms with Crippen LogP contribution in [-0.4, -0.2) is 15.5 Å². The zero-order valence-corrected chi connectivity index (χ0v) is 14.7. The van der Waals surface area contributed by atoms with Crippen molar-refractivity contribution in [3.63, 3.8) is 0 Å². The summed E-state index contributed by atoms with van der Waals surface area (Å²) in [6.07, 6.45) is 0. The highest BCUT2D eigenvalue weighted by molar-refractivity contribution is 14.1. The first-order valence-electron chi connectivity index (χ1n) is 6.34. The fourth-order valence-corrected chi connectivity index (χ4v) is 3.49. The molecule has 0 aliphatic carbocycles. The Kier molecular flexibility index (Phi) is 5.23. The first-order valence-corrected chi connectivity index (χ1v) is 8.90. The van der Waals surface area contributed by atoms with Crippen molar-refractivity contribution in [2.24, 2.45) is 0 Å². The maximum absolute atomic E-state index is 12.3. The lowest BCUT2D eigenvalue weighted by Crippen LogP contribution is -2.26. The molecule has 0 saturated carbocycles. The molecule has 0 spiro atoms. The van der Waals surface area contributed by atoms with E-state index in [4.69, 9.17) is 4.74 Å². The fraction of sp³-hybridized carbons (Fsp3) is 0.200. The molecule has 21 heavy (non-hydrogen) atoms. The van der Waals surface area contributed by atoms with Crippen LogP contribution in [-0.2, 0) is 10.0 Å². The van der Waals surface area contributed by atoms with Gasteiger partial charge in [-0.25, -0.2) is 13.1 Å². The van der Waals surface area contributed by atoms with Gasteiger partial charge in [0.25, 0.3) is 0 Å². The van der Waals surface area contributed by atoms with Crippen LogP contribution in [0.4, 0.5) is 0 Å². The number of methoxy groups -OCH3 is 1. The van der Waals surface area contributed by atoms with Crippen LogP contribution in [0, 0.1) is 3.57 Å². The molecule has 2 aromatic carbocycles. The second kappa shape index (κ2) is 6.76. The minimum atomic E-state index is -3.54. The zero-order valence-electron chi connectivity index (χ0n) is 11.7. The van der Waals surface area contributed by atoms with E-state index < -0.39 is 10.0 Å².